The molecule has 1 aliphatic rings. The zero-order chi connectivity index (χ0) is 35.4. The number of hydrogen-bond donors (Lipinski definition) is 2. The molecule has 0 radical (unpaired) electrons. The molecule has 3 aromatic rings. The van der Waals surface area contributed by atoms with Gasteiger partial charge in [0.05, 0.1) is 77.3 Å². The number of carbonyl (C=O) groups is 2. The van der Waals surface area contributed by atoms with E-state index < -0.39 is 8.60 Å². The van der Waals surface area contributed by atoms with E-state index in [1.165, 1.54) is 7.11 Å². The van der Waals surface area contributed by atoms with Crippen molar-refractivity contribution < 1.29 is 42.5 Å². The zero-order valence-corrected chi connectivity index (χ0v) is 30.0. The van der Waals surface area contributed by atoms with Gasteiger partial charge in [-0.3, -0.25) is 9.59 Å². The fraction of sp³-hybridized carbons (Fsp3) is 0.543. The molecule has 0 saturated carbocycles. The van der Waals surface area contributed by atoms with Gasteiger partial charge in [-0.15, -0.1) is 5.10 Å². The number of benzene rings is 2. The molecular formula is C35H50N5O9P. The number of unbranched alkanes of at least 4 members (excludes halogenated alkanes) is 3. The normalized spacial score (nSPS) is 12.8. The Morgan fingerprint density at radius 2 is 1.50 bits per heavy atom. The molecule has 0 fully saturated rings. The van der Waals surface area contributed by atoms with E-state index in [4.69, 9.17) is 28.0 Å². The average molecular weight is 716 g/mol. The number of nitrogens with one attached hydrogen (secondary N) is 1. The smallest absolute Gasteiger partial charge is 0.329 e. The molecule has 0 aliphatic carbocycles. The van der Waals surface area contributed by atoms with Crippen LogP contribution in [0.3, 0.4) is 0 Å². The van der Waals surface area contributed by atoms with Crippen LogP contribution in [0.15, 0.2) is 48.5 Å². The molecule has 0 bridgehead atoms. The Kier molecular flexibility index (Phi) is 17.7. The second-order valence-corrected chi connectivity index (χ2v) is 12.6. The van der Waals surface area contributed by atoms with Crippen LogP contribution < -0.4 is 10.2 Å². The van der Waals surface area contributed by atoms with Crippen molar-refractivity contribution in [3.8, 4) is 22.5 Å². The molecule has 2 heterocycles. The number of carbonyl (C=O) groups excluding carboxylic acids is 2. The Labute approximate surface area is 295 Å². The Morgan fingerprint density at radius 3 is 2.26 bits per heavy atom. The van der Waals surface area contributed by atoms with Crippen LogP contribution in [0.1, 0.15) is 44.1 Å². The minimum absolute atomic E-state index is 0.0742. The van der Waals surface area contributed by atoms with Crippen molar-refractivity contribution >= 4 is 26.1 Å². The van der Waals surface area contributed by atoms with Crippen molar-refractivity contribution in [3.63, 3.8) is 0 Å². The summed E-state index contributed by atoms with van der Waals surface area (Å²) in [6, 6.07) is 15.7. The molecule has 274 valence electrons. The topological polar surface area (TPSA) is 156 Å². The van der Waals surface area contributed by atoms with Crippen molar-refractivity contribution in [2.45, 2.75) is 51.6 Å². The van der Waals surface area contributed by atoms with E-state index in [0.717, 1.165) is 53.8 Å². The van der Waals surface area contributed by atoms with Crippen molar-refractivity contribution in [1.82, 2.24) is 20.3 Å². The fourth-order valence-corrected chi connectivity index (χ4v) is 5.87. The summed E-state index contributed by atoms with van der Waals surface area (Å²) in [4.78, 5) is 37.4. The first kappa shape index (κ1) is 39.5. The number of nitrogens with zero attached hydrogens (tertiary/aromatic N) is 4. The number of methoxy groups -OCH3 is 1. The number of aromatic nitrogens is 3. The van der Waals surface area contributed by atoms with Crippen molar-refractivity contribution in [2.75, 3.05) is 78.5 Å². The van der Waals surface area contributed by atoms with Crippen LogP contribution in [0.25, 0.3) is 22.5 Å². The van der Waals surface area contributed by atoms with Crippen molar-refractivity contribution in [1.29, 1.82) is 0 Å². The van der Waals surface area contributed by atoms with E-state index in [0.29, 0.717) is 78.2 Å². The van der Waals surface area contributed by atoms with Crippen LogP contribution >= 0.6 is 8.60 Å². The molecule has 14 nitrogen and oxygen atoms in total. The first-order valence-corrected chi connectivity index (χ1v) is 18.2. The summed E-state index contributed by atoms with van der Waals surface area (Å²) < 4.78 is 33.4. The maximum Gasteiger partial charge on any atom is 0.329 e. The van der Waals surface area contributed by atoms with Gasteiger partial charge >= 0.3 is 8.60 Å². The number of amides is 2. The van der Waals surface area contributed by atoms with Gasteiger partial charge in [-0.25, -0.2) is 4.68 Å². The molecule has 15 heteroatoms. The summed E-state index contributed by atoms with van der Waals surface area (Å²) in [5, 5.41) is 12.0. The maximum atomic E-state index is 13.8. The van der Waals surface area contributed by atoms with Crippen molar-refractivity contribution in [3.05, 3.63) is 54.1 Å². The molecule has 2 N–H and O–H groups in total. The summed E-state index contributed by atoms with van der Waals surface area (Å²) >= 11 is 0. The lowest BCUT2D eigenvalue weighted by Crippen LogP contribution is -2.33. The monoisotopic (exact) mass is 715 g/mol. The second kappa shape index (κ2) is 22.5. The molecule has 1 unspecified atom stereocenters. The number of hydrogen-bond acceptors (Lipinski definition) is 11. The number of anilines is 1. The quantitative estimate of drug-likeness (QED) is 0.0996. The number of ether oxygens (including phenoxy) is 4. The van der Waals surface area contributed by atoms with Gasteiger partial charge in [-0.2, -0.15) is 0 Å². The van der Waals surface area contributed by atoms with E-state index >= 15 is 0 Å². The summed E-state index contributed by atoms with van der Waals surface area (Å²) in [6.07, 6.45) is 3.64. The van der Waals surface area contributed by atoms with Crippen LogP contribution in [-0.2, 0) is 50.7 Å². The Hall–Kier alpha value is -3.33. The molecule has 1 atom stereocenters. The predicted octanol–water partition coefficient (Wildman–Crippen LogP) is 4.49. The molecule has 2 aromatic carbocycles. The van der Waals surface area contributed by atoms with Crippen molar-refractivity contribution in [2.24, 2.45) is 0 Å². The van der Waals surface area contributed by atoms with E-state index in [9.17, 15) is 14.5 Å². The van der Waals surface area contributed by atoms with Crippen LogP contribution in [0.2, 0.25) is 0 Å². The summed E-state index contributed by atoms with van der Waals surface area (Å²) in [7, 11) is 1.26. The highest BCUT2D eigenvalue weighted by atomic mass is 31.2. The van der Waals surface area contributed by atoms with Gasteiger partial charge in [-0.1, -0.05) is 60.5 Å². The van der Waals surface area contributed by atoms with Crippen LogP contribution in [-0.4, -0.2) is 105 Å². The molecule has 2 amide bonds. The average Bonchev–Trinajstić information content (AvgIpc) is 3.55. The van der Waals surface area contributed by atoms with Gasteiger partial charge in [0.25, 0.3) is 0 Å². The molecule has 0 spiro atoms. The Balaban J connectivity index is 1.32. The summed E-state index contributed by atoms with van der Waals surface area (Å²) in [6.45, 7) is 5.26. The van der Waals surface area contributed by atoms with Gasteiger partial charge in [-0.05, 0) is 24.5 Å². The maximum absolute atomic E-state index is 13.8. The van der Waals surface area contributed by atoms with Crippen LogP contribution in [0, 0.1) is 0 Å². The molecule has 50 heavy (non-hydrogen) atoms. The van der Waals surface area contributed by atoms with Gasteiger partial charge < -0.3 is 43.1 Å². The number of rotatable bonds is 24. The first-order valence-electron chi connectivity index (χ1n) is 17.1. The molecule has 0 saturated heterocycles. The molecule has 1 aromatic heterocycles. The SMILES string of the molecule is COCCOCCOCCOCCn1nnc2c1-c1ccccc1CN(C(=O)CCC(=O)NCCCCCCOP(O)OC)c1ccccc1-2. The lowest BCUT2D eigenvalue weighted by molar-refractivity contribution is -0.125. The van der Waals surface area contributed by atoms with E-state index in [1.807, 2.05) is 53.2 Å². The Bertz CT molecular complexity index is 1460. The highest BCUT2D eigenvalue weighted by Crippen LogP contribution is 2.41. The largest absolute Gasteiger partial charge is 0.382 e. The third-order valence-corrected chi connectivity index (χ3v) is 8.74. The van der Waals surface area contributed by atoms with Gasteiger partial charge in [0.15, 0.2) is 0 Å². The van der Waals surface area contributed by atoms with E-state index in [-0.39, 0.29) is 24.7 Å². The molecular weight excluding hydrogens is 665 g/mol. The molecule has 4 rings (SSSR count). The molecule has 1 aliphatic heterocycles. The second-order valence-electron chi connectivity index (χ2n) is 11.5. The first-order chi connectivity index (χ1) is 24.5. The number of fused-ring (bicyclic) bond motifs is 5. The van der Waals surface area contributed by atoms with Crippen LogP contribution in [0.5, 0.6) is 0 Å². The van der Waals surface area contributed by atoms with E-state index in [1.54, 1.807) is 12.0 Å². The highest BCUT2D eigenvalue weighted by molar-refractivity contribution is 7.40. The minimum Gasteiger partial charge on any atom is -0.382 e. The summed E-state index contributed by atoms with van der Waals surface area (Å²) in [5.74, 6) is -0.297. The van der Waals surface area contributed by atoms with Gasteiger partial charge in [0.1, 0.15) is 5.69 Å². The Morgan fingerprint density at radius 1 is 0.820 bits per heavy atom. The highest BCUT2D eigenvalue weighted by Gasteiger charge is 2.29. The number of para-hydroxylation sites is 1. The zero-order valence-electron chi connectivity index (χ0n) is 29.1. The van der Waals surface area contributed by atoms with Gasteiger partial charge in [0, 0.05) is 44.7 Å². The lowest BCUT2D eigenvalue weighted by Gasteiger charge is -2.28. The predicted molar refractivity (Wildman–Crippen MR) is 189 cm³/mol. The standard InChI is InChI=1S/C35H50N5O9P/c1-44-21-22-47-25-26-48-24-23-46-20-18-40-35-29-12-6-5-11-28(29)27-39(31-14-8-7-13-30(31)34(35)37-38-40)33(42)16-15-32(41)36-17-9-3-4-10-19-49-50(43)45-2/h5-8,11-14,43H,3-4,9-10,15-27H2,1-2H3,(H,36,41). The lowest BCUT2D eigenvalue weighted by atomic mass is 9.95. The van der Waals surface area contributed by atoms with Crippen LogP contribution in [0.4, 0.5) is 5.69 Å². The fourth-order valence-electron chi connectivity index (χ4n) is 5.48. The third kappa shape index (κ3) is 12.5. The van der Waals surface area contributed by atoms with Gasteiger partial charge in [0.2, 0.25) is 11.8 Å². The summed E-state index contributed by atoms with van der Waals surface area (Å²) in [5.41, 5.74) is 4.97. The minimum atomic E-state index is -1.78. The van der Waals surface area contributed by atoms with E-state index in [2.05, 4.69) is 15.6 Å². The third-order valence-electron chi connectivity index (χ3n) is 8.03.